The first kappa shape index (κ1) is 14.9. The summed E-state index contributed by atoms with van der Waals surface area (Å²) in [6.45, 7) is -0.248. The molecule has 0 bridgehead atoms. The first-order valence-electron chi connectivity index (χ1n) is 6.76. The summed E-state index contributed by atoms with van der Waals surface area (Å²) in [5.41, 5.74) is 0.489. The van der Waals surface area contributed by atoms with Crippen LogP contribution in [-0.2, 0) is 11.3 Å². The summed E-state index contributed by atoms with van der Waals surface area (Å²) < 4.78 is 36.7. The molecule has 1 heterocycles. The Bertz CT molecular complexity index is 831. The van der Waals surface area contributed by atoms with Gasteiger partial charge in [-0.2, -0.15) is 0 Å². The van der Waals surface area contributed by atoms with Crippen molar-refractivity contribution in [2.75, 3.05) is 0 Å². The zero-order chi connectivity index (χ0) is 16.2. The molecule has 0 aliphatic heterocycles. The smallest absolute Gasteiger partial charge is 0.341 e. The zero-order valence-corrected chi connectivity index (χ0v) is 11.8. The highest BCUT2D eigenvalue weighted by molar-refractivity contribution is 5.89. The van der Waals surface area contributed by atoms with Crippen LogP contribution in [0.25, 0.3) is 11.3 Å². The number of carbonyl (C=O) groups is 1. The first-order valence-corrected chi connectivity index (χ1v) is 6.76. The van der Waals surface area contributed by atoms with E-state index in [0.717, 1.165) is 17.7 Å². The normalized spacial score (nSPS) is 10.5. The second-order valence-corrected chi connectivity index (χ2v) is 4.68. The van der Waals surface area contributed by atoms with Crippen LogP contribution >= 0.6 is 0 Å². The molecule has 0 spiro atoms. The van der Waals surface area contributed by atoms with Crippen molar-refractivity contribution in [3.63, 3.8) is 0 Å². The number of hydrogen-bond acceptors (Lipinski definition) is 4. The highest BCUT2D eigenvalue weighted by Gasteiger charge is 2.15. The molecule has 0 atom stereocenters. The Morgan fingerprint density at radius 3 is 2.65 bits per heavy atom. The Labute approximate surface area is 130 Å². The molecule has 0 saturated carbocycles. The average molecular weight is 315 g/mol. The molecule has 0 saturated heterocycles. The van der Waals surface area contributed by atoms with Gasteiger partial charge in [0, 0.05) is 11.6 Å². The third kappa shape index (κ3) is 3.42. The molecule has 0 fully saturated rings. The van der Waals surface area contributed by atoms with Gasteiger partial charge in [0.05, 0.1) is 11.8 Å². The number of hydrogen-bond donors (Lipinski definition) is 0. The van der Waals surface area contributed by atoms with E-state index < -0.39 is 17.6 Å². The van der Waals surface area contributed by atoms with Crippen molar-refractivity contribution in [2.24, 2.45) is 0 Å². The predicted octanol–water partition coefficient (Wildman–Crippen LogP) is 3.98. The lowest BCUT2D eigenvalue weighted by atomic mass is 10.2. The number of nitrogens with zero attached hydrogens (tertiary/aromatic N) is 1. The number of halogens is 2. The van der Waals surface area contributed by atoms with Crippen molar-refractivity contribution in [2.45, 2.75) is 6.61 Å². The molecular formula is C17H11F2NO3. The van der Waals surface area contributed by atoms with Gasteiger partial charge in [-0.25, -0.2) is 18.6 Å². The molecule has 0 N–H and O–H groups in total. The highest BCUT2D eigenvalue weighted by Crippen LogP contribution is 2.20. The minimum Gasteiger partial charge on any atom is -0.452 e. The van der Waals surface area contributed by atoms with Crippen LogP contribution in [0.15, 0.2) is 59.1 Å². The number of ether oxygens (including phenoxy) is 1. The Morgan fingerprint density at radius 1 is 1.13 bits per heavy atom. The fourth-order valence-corrected chi connectivity index (χ4v) is 1.97. The van der Waals surface area contributed by atoms with Crippen LogP contribution in [0.3, 0.4) is 0 Å². The van der Waals surface area contributed by atoms with Gasteiger partial charge in [0.1, 0.15) is 11.6 Å². The highest BCUT2D eigenvalue weighted by atomic mass is 19.1. The van der Waals surface area contributed by atoms with Gasteiger partial charge in [-0.05, 0) is 12.1 Å². The number of carbonyl (C=O) groups excluding carboxylic acids is 1. The summed E-state index contributed by atoms with van der Waals surface area (Å²) in [5.74, 6) is -1.95. The molecule has 3 rings (SSSR count). The lowest BCUT2D eigenvalue weighted by Crippen LogP contribution is -2.08. The molecule has 2 aromatic carbocycles. The molecule has 0 aliphatic rings. The van der Waals surface area contributed by atoms with E-state index in [1.54, 1.807) is 0 Å². The number of esters is 1. The SMILES string of the molecule is O=C(OCc1ncc(-c2ccccc2)o1)c1ccc(F)cc1F. The maximum atomic E-state index is 13.5. The van der Waals surface area contributed by atoms with Crippen LogP contribution in [0.4, 0.5) is 8.78 Å². The number of benzene rings is 2. The van der Waals surface area contributed by atoms with Gasteiger partial charge in [0.15, 0.2) is 12.4 Å². The molecule has 23 heavy (non-hydrogen) atoms. The molecular weight excluding hydrogens is 304 g/mol. The minimum absolute atomic E-state index is 0.180. The summed E-state index contributed by atoms with van der Waals surface area (Å²) >= 11 is 0. The third-order valence-electron chi connectivity index (χ3n) is 3.09. The molecule has 4 nitrogen and oxygen atoms in total. The Morgan fingerprint density at radius 2 is 1.91 bits per heavy atom. The molecule has 1 aromatic heterocycles. The lowest BCUT2D eigenvalue weighted by molar-refractivity contribution is 0.0433. The lowest BCUT2D eigenvalue weighted by Gasteiger charge is -2.03. The van der Waals surface area contributed by atoms with Gasteiger partial charge in [-0.3, -0.25) is 0 Å². The van der Waals surface area contributed by atoms with Crippen molar-refractivity contribution in [1.82, 2.24) is 4.98 Å². The van der Waals surface area contributed by atoms with E-state index in [4.69, 9.17) is 9.15 Å². The van der Waals surface area contributed by atoms with Gasteiger partial charge >= 0.3 is 5.97 Å². The Hall–Kier alpha value is -3.02. The van der Waals surface area contributed by atoms with Crippen LogP contribution in [0.2, 0.25) is 0 Å². The van der Waals surface area contributed by atoms with E-state index in [0.29, 0.717) is 11.8 Å². The van der Waals surface area contributed by atoms with E-state index in [2.05, 4.69) is 4.98 Å². The van der Waals surface area contributed by atoms with Crippen LogP contribution in [0, 0.1) is 11.6 Å². The molecule has 0 unspecified atom stereocenters. The minimum atomic E-state index is -0.979. The largest absolute Gasteiger partial charge is 0.452 e. The van der Waals surface area contributed by atoms with E-state index in [1.807, 2.05) is 30.3 Å². The van der Waals surface area contributed by atoms with Gasteiger partial charge < -0.3 is 9.15 Å². The van der Waals surface area contributed by atoms with Gasteiger partial charge in [0.2, 0.25) is 5.89 Å². The summed E-state index contributed by atoms with van der Waals surface area (Å²) in [6, 6.07) is 11.9. The topological polar surface area (TPSA) is 52.3 Å². The van der Waals surface area contributed by atoms with Crippen molar-refractivity contribution in [3.8, 4) is 11.3 Å². The fourth-order valence-electron chi connectivity index (χ4n) is 1.97. The zero-order valence-electron chi connectivity index (χ0n) is 11.8. The molecule has 6 heteroatoms. The van der Waals surface area contributed by atoms with Crippen LogP contribution < -0.4 is 0 Å². The summed E-state index contributed by atoms with van der Waals surface area (Å²) in [4.78, 5) is 15.8. The predicted molar refractivity (Wildman–Crippen MR) is 77.4 cm³/mol. The second-order valence-electron chi connectivity index (χ2n) is 4.68. The maximum Gasteiger partial charge on any atom is 0.341 e. The van der Waals surface area contributed by atoms with Gasteiger partial charge in [-0.15, -0.1) is 0 Å². The van der Waals surface area contributed by atoms with Crippen molar-refractivity contribution < 1.29 is 22.7 Å². The molecule has 0 aliphatic carbocycles. The molecule has 116 valence electrons. The van der Waals surface area contributed by atoms with E-state index in [-0.39, 0.29) is 18.1 Å². The van der Waals surface area contributed by atoms with Gasteiger partial charge in [-0.1, -0.05) is 30.3 Å². The number of aromatic nitrogens is 1. The van der Waals surface area contributed by atoms with Crippen LogP contribution in [0.1, 0.15) is 16.2 Å². The number of oxazole rings is 1. The maximum absolute atomic E-state index is 13.5. The van der Waals surface area contributed by atoms with Crippen molar-refractivity contribution in [3.05, 3.63) is 77.8 Å². The standard InChI is InChI=1S/C17H11F2NO3/c18-12-6-7-13(14(19)8-12)17(21)22-10-16-20-9-15(23-16)11-4-2-1-3-5-11/h1-9H,10H2. The van der Waals surface area contributed by atoms with E-state index in [1.165, 1.54) is 6.20 Å². The van der Waals surface area contributed by atoms with Crippen LogP contribution in [0.5, 0.6) is 0 Å². The van der Waals surface area contributed by atoms with Crippen LogP contribution in [-0.4, -0.2) is 11.0 Å². The monoisotopic (exact) mass is 315 g/mol. The summed E-state index contributed by atoms with van der Waals surface area (Å²) in [5, 5.41) is 0. The Kier molecular flexibility index (Phi) is 4.14. The molecule has 0 amide bonds. The molecule has 0 radical (unpaired) electrons. The van der Waals surface area contributed by atoms with E-state index in [9.17, 15) is 13.6 Å². The average Bonchev–Trinajstić information content (AvgIpc) is 3.02. The summed E-state index contributed by atoms with van der Waals surface area (Å²) in [6.07, 6.45) is 1.51. The quantitative estimate of drug-likeness (QED) is 0.683. The van der Waals surface area contributed by atoms with Crippen molar-refractivity contribution in [1.29, 1.82) is 0 Å². The van der Waals surface area contributed by atoms with E-state index >= 15 is 0 Å². The summed E-state index contributed by atoms with van der Waals surface area (Å²) in [7, 11) is 0. The number of rotatable bonds is 4. The van der Waals surface area contributed by atoms with Gasteiger partial charge in [0.25, 0.3) is 0 Å². The molecule has 3 aromatic rings. The second kappa shape index (κ2) is 6.39. The van der Waals surface area contributed by atoms with Crippen molar-refractivity contribution >= 4 is 5.97 Å². The third-order valence-corrected chi connectivity index (χ3v) is 3.09. The fraction of sp³-hybridized carbons (Fsp3) is 0.0588. The first-order chi connectivity index (χ1) is 11.1. The Balaban J connectivity index is 1.67.